The standard InChI is InChI=1S/C15H23NO3/c1-11(2)14(15(17)18-4)16-9-10-19-13-7-5-12(3)6-8-13/h5-8,11,14,16H,9-10H2,1-4H3. The van der Waals surface area contributed by atoms with Gasteiger partial charge in [-0.15, -0.1) is 0 Å². The quantitative estimate of drug-likeness (QED) is 0.606. The molecule has 0 amide bonds. The van der Waals surface area contributed by atoms with Crippen LogP contribution in [0.2, 0.25) is 0 Å². The Kier molecular flexibility index (Phi) is 6.36. The summed E-state index contributed by atoms with van der Waals surface area (Å²) < 4.78 is 10.3. The number of carbonyl (C=O) groups excluding carboxylic acids is 1. The number of rotatable bonds is 7. The van der Waals surface area contributed by atoms with Crippen LogP contribution in [0.25, 0.3) is 0 Å². The van der Waals surface area contributed by atoms with Crippen LogP contribution in [0, 0.1) is 12.8 Å². The van der Waals surface area contributed by atoms with Crippen molar-refractivity contribution in [1.82, 2.24) is 5.32 Å². The Balaban J connectivity index is 2.32. The highest BCUT2D eigenvalue weighted by atomic mass is 16.5. The molecule has 0 heterocycles. The van der Waals surface area contributed by atoms with E-state index in [1.807, 2.05) is 45.0 Å². The largest absolute Gasteiger partial charge is 0.492 e. The molecule has 1 atom stereocenters. The first-order valence-corrected chi connectivity index (χ1v) is 6.55. The fraction of sp³-hybridized carbons (Fsp3) is 0.533. The zero-order chi connectivity index (χ0) is 14.3. The minimum Gasteiger partial charge on any atom is -0.492 e. The maximum Gasteiger partial charge on any atom is 0.323 e. The molecule has 0 fully saturated rings. The highest BCUT2D eigenvalue weighted by Gasteiger charge is 2.21. The summed E-state index contributed by atoms with van der Waals surface area (Å²) in [5.74, 6) is 0.795. The Bertz CT molecular complexity index is 387. The number of benzene rings is 1. The van der Waals surface area contributed by atoms with E-state index in [1.54, 1.807) is 0 Å². The molecule has 0 saturated carbocycles. The molecule has 4 heteroatoms. The zero-order valence-electron chi connectivity index (χ0n) is 12.1. The van der Waals surface area contributed by atoms with Gasteiger partial charge in [0.05, 0.1) is 7.11 Å². The van der Waals surface area contributed by atoms with E-state index in [9.17, 15) is 4.79 Å². The molecule has 1 aromatic carbocycles. The van der Waals surface area contributed by atoms with Crippen LogP contribution in [0.3, 0.4) is 0 Å². The lowest BCUT2D eigenvalue weighted by atomic mass is 10.1. The number of hydrogen-bond donors (Lipinski definition) is 1. The van der Waals surface area contributed by atoms with Gasteiger partial charge in [-0.05, 0) is 25.0 Å². The molecule has 1 N–H and O–H groups in total. The van der Waals surface area contributed by atoms with Gasteiger partial charge in [0.15, 0.2) is 0 Å². The number of hydrogen-bond acceptors (Lipinski definition) is 4. The predicted octanol–water partition coefficient (Wildman–Crippen LogP) is 2.16. The summed E-state index contributed by atoms with van der Waals surface area (Å²) >= 11 is 0. The fourth-order valence-electron chi connectivity index (χ4n) is 1.74. The second kappa shape index (κ2) is 7.79. The lowest BCUT2D eigenvalue weighted by molar-refractivity contribution is -0.144. The van der Waals surface area contributed by atoms with Gasteiger partial charge in [0.2, 0.25) is 0 Å². The van der Waals surface area contributed by atoms with Gasteiger partial charge in [-0.1, -0.05) is 31.5 Å². The van der Waals surface area contributed by atoms with E-state index in [-0.39, 0.29) is 17.9 Å². The van der Waals surface area contributed by atoms with Crippen LogP contribution in [0.15, 0.2) is 24.3 Å². The molecule has 0 spiro atoms. The average Bonchev–Trinajstić information content (AvgIpc) is 2.39. The van der Waals surface area contributed by atoms with Crippen molar-refractivity contribution in [2.75, 3.05) is 20.3 Å². The van der Waals surface area contributed by atoms with E-state index in [4.69, 9.17) is 9.47 Å². The Hall–Kier alpha value is -1.55. The van der Waals surface area contributed by atoms with Gasteiger partial charge in [-0.3, -0.25) is 4.79 Å². The second-order valence-corrected chi connectivity index (χ2v) is 4.86. The van der Waals surface area contributed by atoms with Crippen molar-refractivity contribution in [2.45, 2.75) is 26.8 Å². The van der Waals surface area contributed by atoms with Crippen LogP contribution < -0.4 is 10.1 Å². The van der Waals surface area contributed by atoms with Crippen LogP contribution in [-0.4, -0.2) is 32.3 Å². The van der Waals surface area contributed by atoms with E-state index >= 15 is 0 Å². The van der Waals surface area contributed by atoms with Crippen molar-refractivity contribution in [3.05, 3.63) is 29.8 Å². The Morgan fingerprint density at radius 2 is 1.89 bits per heavy atom. The summed E-state index contributed by atoms with van der Waals surface area (Å²) in [5, 5.41) is 3.15. The number of ether oxygens (including phenoxy) is 2. The normalized spacial score (nSPS) is 12.3. The average molecular weight is 265 g/mol. The molecule has 0 bridgehead atoms. The van der Waals surface area contributed by atoms with E-state index in [2.05, 4.69) is 5.32 Å². The van der Waals surface area contributed by atoms with Crippen molar-refractivity contribution in [1.29, 1.82) is 0 Å². The molecule has 0 aliphatic rings. The first-order valence-electron chi connectivity index (χ1n) is 6.55. The number of esters is 1. The Labute approximate surface area is 115 Å². The van der Waals surface area contributed by atoms with E-state index < -0.39 is 0 Å². The molecule has 4 nitrogen and oxygen atoms in total. The van der Waals surface area contributed by atoms with Crippen LogP contribution in [0.4, 0.5) is 0 Å². The van der Waals surface area contributed by atoms with Gasteiger partial charge in [0.25, 0.3) is 0 Å². The minimum absolute atomic E-state index is 0.187. The third-order valence-electron chi connectivity index (χ3n) is 2.88. The number of aryl methyl sites for hydroxylation is 1. The number of carbonyl (C=O) groups is 1. The number of nitrogens with one attached hydrogen (secondary N) is 1. The lowest BCUT2D eigenvalue weighted by Crippen LogP contribution is -2.43. The molecule has 0 aromatic heterocycles. The summed E-state index contributed by atoms with van der Waals surface area (Å²) in [5.41, 5.74) is 1.20. The molecule has 0 saturated heterocycles. The van der Waals surface area contributed by atoms with Crippen molar-refractivity contribution < 1.29 is 14.3 Å². The smallest absolute Gasteiger partial charge is 0.323 e. The molecule has 1 aromatic rings. The van der Waals surface area contributed by atoms with E-state index in [0.29, 0.717) is 13.2 Å². The summed E-state index contributed by atoms with van der Waals surface area (Å²) in [6, 6.07) is 7.61. The molecule has 0 aliphatic carbocycles. The summed E-state index contributed by atoms with van der Waals surface area (Å²) in [6.07, 6.45) is 0. The van der Waals surface area contributed by atoms with Crippen molar-refractivity contribution in [2.24, 2.45) is 5.92 Å². The van der Waals surface area contributed by atoms with Gasteiger partial charge in [0, 0.05) is 6.54 Å². The predicted molar refractivity (Wildman–Crippen MR) is 75.3 cm³/mol. The van der Waals surface area contributed by atoms with Crippen molar-refractivity contribution in [3.8, 4) is 5.75 Å². The zero-order valence-corrected chi connectivity index (χ0v) is 12.1. The first-order chi connectivity index (χ1) is 9.04. The highest BCUT2D eigenvalue weighted by Crippen LogP contribution is 2.11. The monoisotopic (exact) mass is 265 g/mol. The second-order valence-electron chi connectivity index (χ2n) is 4.86. The van der Waals surface area contributed by atoms with Gasteiger partial charge >= 0.3 is 5.97 Å². The molecular formula is C15H23NO3. The number of methoxy groups -OCH3 is 1. The molecule has 0 aliphatic heterocycles. The third kappa shape index (κ3) is 5.30. The topological polar surface area (TPSA) is 47.6 Å². The van der Waals surface area contributed by atoms with Crippen molar-refractivity contribution in [3.63, 3.8) is 0 Å². The molecule has 1 rings (SSSR count). The highest BCUT2D eigenvalue weighted by molar-refractivity contribution is 5.75. The van der Waals surface area contributed by atoms with Gasteiger partial charge in [-0.25, -0.2) is 0 Å². The summed E-state index contributed by atoms with van der Waals surface area (Å²) in [4.78, 5) is 11.5. The fourth-order valence-corrected chi connectivity index (χ4v) is 1.74. The van der Waals surface area contributed by atoms with Gasteiger partial charge in [0.1, 0.15) is 18.4 Å². The van der Waals surface area contributed by atoms with Crippen LogP contribution >= 0.6 is 0 Å². The van der Waals surface area contributed by atoms with Gasteiger partial charge in [-0.2, -0.15) is 0 Å². The maximum absolute atomic E-state index is 11.5. The molecule has 106 valence electrons. The third-order valence-corrected chi connectivity index (χ3v) is 2.88. The van der Waals surface area contributed by atoms with Crippen molar-refractivity contribution >= 4 is 5.97 Å². The Morgan fingerprint density at radius 1 is 1.26 bits per heavy atom. The minimum atomic E-state index is -0.286. The Morgan fingerprint density at radius 3 is 2.42 bits per heavy atom. The summed E-state index contributed by atoms with van der Waals surface area (Å²) in [7, 11) is 1.40. The maximum atomic E-state index is 11.5. The summed E-state index contributed by atoms with van der Waals surface area (Å²) in [6.45, 7) is 7.12. The van der Waals surface area contributed by atoms with E-state index in [1.165, 1.54) is 12.7 Å². The molecule has 19 heavy (non-hydrogen) atoms. The van der Waals surface area contributed by atoms with Crippen LogP contribution in [0.1, 0.15) is 19.4 Å². The molecular weight excluding hydrogens is 242 g/mol. The first kappa shape index (κ1) is 15.5. The van der Waals surface area contributed by atoms with Gasteiger partial charge < -0.3 is 14.8 Å². The van der Waals surface area contributed by atoms with Crippen LogP contribution in [-0.2, 0) is 9.53 Å². The van der Waals surface area contributed by atoms with E-state index in [0.717, 1.165) is 5.75 Å². The van der Waals surface area contributed by atoms with Crippen LogP contribution in [0.5, 0.6) is 5.75 Å². The lowest BCUT2D eigenvalue weighted by Gasteiger charge is -2.19. The molecule has 1 unspecified atom stereocenters. The molecule has 0 radical (unpaired) electrons. The SMILES string of the molecule is COC(=O)C(NCCOc1ccc(C)cc1)C(C)C.